The molecule has 0 atom stereocenters. The van der Waals surface area contributed by atoms with Gasteiger partial charge in [0.2, 0.25) is 5.91 Å². The monoisotopic (exact) mass is 325 g/mol. The Hall–Kier alpha value is -1.50. The van der Waals surface area contributed by atoms with Crippen LogP contribution in [0.4, 0.5) is 11.4 Å². The molecule has 6 nitrogen and oxygen atoms in total. The predicted octanol–water partition coefficient (Wildman–Crippen LogP) is 0.591. The average molecular weight is 326 g/mol. The summed E-state index contributed by atoms with van der Waals surface area (Å²) in [5.74, 6) is 0.128. The summed E-state index contributed by atoms with van der Waals surface area (Å²) < 4.78 is 0. The fourth-order valence-electron chi connectivity index (χ4n) is 2.63. The Bertz CT molecular complexity index is 541. The van der Waals surface area contributed by atoms with Crippen LogP contribution >= 0.6 is 11.6 Å². The number of nitrogens with two attached hydrogens (primary N) is 2. The topological polar surface area (TPSA) is 78.8 Å². The van der Waals surface area contributed by atoms with Crippen molar-refractivity contribution in [2.75, 3.05) is 57.5 Å². The molecule has 7 heteroatoms. The van der Waals surface area contributed by atoms with Gasteiger partial charge in [-0.2, -0.15) is 0 Å². The molecule has 22 heavy (non-hydrogen) atoms. The Balaban J connectivity index is 2.04. The highest BCUT2D eigenvalue weighted by atomic mass is 35.5. The maximum absolute atomic E-state index is 11.8. The summed E-state index contributed by atoms with van der Waals surface area (Å²) in [4.78, 5) is 17.8. The zero-order chi connectivity index (χ0) is 16.3. The van der Waals surface area contributed by atoms with Crippen molar-refractivity contribution in [3.05, 3.63) is 22.7 Å². The van der Waals surface area contributed by atoms with Gasteiger partial charge in [0.15, 0.2) is 0 Å². The van der Waals surface area contributed by atoms with E-state index in [4.69, 9.17) is 23.1 Å². The normalized spacial score (nSPS) is 15.9. The molecule has 0 aromatic heterocycles. The zero-order valence-electron chi connectivity index (χ0n) is 13.2. The van der Waals surface area contributed by atoms with Crippen molar-refractivity contribution in [3.8, 4) is 0 Å². The number of carbonyl (C=O) groups is 1. The Morgan fingerprint density at radius 1 is 1.27 bits per heavy atom. The van der Waals surface area contributed by atoms with E-state index in [1.54, 1.807) is 25.1 Å². The predicted molar refractivity (Wildman–Crippen MR) is 91.1 cm³/mol. The Labute approximate surface area is 136 Å². The number of likely N-dealkylation sites (N-methyl/N-ethyl adjacent to an activating group) is 1. The summed E-state index contributed by atoms with van der Waals surface area (Å²) >= 11 is 6.12. The van der Waals surface area contributed by atoms with Crippen LogP contribution in [0.5, 0.6) is 0 Å². The van der Waals surface area contributed by atoms with Gasteiger partial charge in [-0.25, -0.2) is 0 Å². The van der Waals surface area contributed by atoms with E-state index in [0.717, 1.165) is 37.4 Å². The molecule has 1 saturated heterocycles. The first-order valence-electron chi connectivity index (χ1n) is 7.37. The van der Waals surface area contributed by atoms with E-state index in [2.05, 4.69) is 9.80 Å². The second kappa shape index (κ2) is 7.17. The lowest BCUT2D eigenvalue weighted by atomic mass is 10.1. The summed E-state index contributed by atoms with van der Waals surface area (Å²) in [7, 11) is 3.56. The maximum Gasteiger partial charge on any atom is 0.236 e. The largest absolute Gasteiger partial charge is 0.398 e. The highest BCUT2D eigenvalue weighted by Crippen LogP contribution is 2.30. The molecule has 0 unspecified atom stereocenters. The van der Waals surface area contributed by atoms with Gasteiger partial charge in [0, 0.05) is 68.8 Å². The van der Waals surface area contributed by atoms with E-state index < -0.39 is 0 Å². The quantitative estimate of drug-likeness (QED) is 0.792. The first-order chi connectivity index (χ1) is 10.4. The standard InChI is InChI=1S/C15H24ClN5O/c1-19(2)15(22)10-20-3-5-21(6-4-20)14-8-11(16)7-13(18)12(14)9-17/h7-8H,3-6,9-10,17-18H2,1-2H3. The first kappa shape index (κ1) is 16.9. The van der Waals surface area contributed by atoms with Crippen molar-refractivity contribution in [1.29, 1.82) is 0 Å². The number of piperazine rings is 1. The molecule has 1 fully saturated rings. The smallest absolute Gasteiger partial charge is 0.236 e. The number of nitrogens with zero attached hydrogens (tertiary/aromatic N) is 3. The lowest BCUT2D eigenvalue weighted by Gasteiger charge is -2.37. The molecule has 1 heterocycles. The van der Waals surface area contributed by atoms with Crippen LogP contribution in [0.15, 0.2) is 12.1 Å². The summed E-state index contributed by atoms with van der Waals surface area (Å²) in [5.41, 5.74) is 14.4. The molecule has 1 aromatic rings. The molecular formula is C15H24ClN5O. The van der Waals surface area contributed by atoms with Crippen LogP contribution < -0.4 is 16.4 Å². The van der Waals surface area contributed by atoms with E-state index in [1.807, 2.05) is 6.07 Å². The molecule has 1 aliphatic heterocycles. The average Bonchev–Trinajstić information content (AvgIpc) is 2.47. The van der Waals surface area contributed by atoms with Gasteiger partial charge in [0.1, 0.15) is 0 Å². The van der Waals surface area contributed by atoms with Gasteiger partial charge in [-0.3, -0.25) is 9.69 Å². The number of carbonyl (C=O) groups excluding carboxylic acids is 1. The van der Waals surface area contributed by atoms with Gasteiger partial charge >= 0.3 is 0 Å². The van der Waals surface area contributed by atoms with Crippen LogP contribution in [0.3, 0.4) is 0 Å². The Morgan fingerprint density at radius 3 is 2.45 bits per heavy atom. The van der Waals surface area contributed by atoms with Crippen molar-refractivity contribution in [3.63, 3.8) is 0 Å². The van der Waals surface area contributed by atoms with Crippen LogP contribution in [0, 0.1) is 0 Å². The van der Waals surface area contributed by atoms with Crippen molar-refractivity contribution in [2.45, 2.75) is 6.54 Å². The molecule has 1 amide bonds. The lowest BCUT2D eigenvalue weighted by Crippen LogP contribution is -2.49. The number of benzene rings is 1. The molecule has 122 valence electrons. The number of rotatable bonds is 4. The number of hydrogen-bond donors (Lipinski definition) is 2. The molecule has 1 aliphatic rings. The number of halogens is 1. The Kier molecular flexibility index (Phi) is 5.50. The summed E-state index contributed by atoms with van der Waals surface area (Å²) in [5, 5.41) is 0.620. The van der Waals surface area contributed by atoms with Gasteiger partial charge < -0.3 is 21.3 Å². The summed E-state index contributed by atoms with van der Waals surface area (Å²) in [6.07, 6.45) is 0. The van der Waals surface area contributed by atoms with Gasteiger partial charge in [-0.1, -0.05) is 11.6 Å². The third kappa shape index (κ3) is 3.82. The number of amides is 1. The number of nitrogen functional groups attached to an aromatic ring is 1. The second-order valence-corrected chi connectivity index (χ2v) is 6.18. The van der Waals surface area contributed by atoms with Crippen molar-refractivity contribution >= 4 is 28.9 Å². The van der Waals surface area contributed by atoms with E-state index in [1.165, 1.54) is 0 Å². The molecular weight excluding hydrogens is 302 g/mol. The highest BCUT2D eigenvalue weighted by Gasteiger charge is 2.22. The second-order valence-electron chi connectivity index (χ2n) is 5.75. The molecule has 4 N–H and O–H groups in total. The zero-order valence-corrected chi connectivity index (χ0v) is 13.9. The summed E-state index contributed by atoms with van der Waals surface area (Å²) in [6.45, 7) is 4.16. The molecule has 0 saturated carbocycles. The van der Waals surface area contributed by atoms with Crippen molar-refractivity contribution in [1.82, 2.24) is 9.80 Å². The van der Waals surface area contributed by atoms with E-state index in [-0.39, 0.29) is 5.91 Å². The molecule has 1 aromatic carbocycles. The van der Waals surface area contributed by atoms with Crippen molar-refractivity contribution < 1.29 is 4.79 Å². The van der Waals surface area contributed by atoms with Crippen molar-refractivity contribution in [2.24, 2.45) is 5.73 Å². The van der Waals surface area contributed by atoms with Gasteiger partial charge in [-0.05, 0) is 12.1 Å². The van der Waals surface area contributed by atoms with E-state index in [9.17, 15) is 4.79 Å². The lowest BCUT2D eigenvalue weighted by molar-refractivity contribution is -0.129. The van der Waals surface area contributed by atoms with Gasteiger partial charge in [0.05, 0.1) is 6.54 Å². The maximum atomic E-state index is 11.8. The fourth-order valence-corrected chi connectivity index (χ4v) is 2.85. The highest BCUT2D eigenvalue weighted by molar-refractivity contribution is 6.31. The summed E-state index contributed by atoms with van der Waals surface area (Å²) in [6, 6.07) is 3.65. The molecule has 0 bridgehead atoms. The van der Waals surface area contributed by atoms with Crippen LogP contribution in [0.2, 0.25) is 5.02 Å². The van der Waals surface area contributed by atoms with E-state index in [0.29, 0.717) is 23.8 Å². The van der Waals surface area contributed by atoms with Crippen LogP contribution in [-0.2, 0) is 11.3 Å². The minimum Gasteiger partial charge on any atom is -0.398 e. The Morgan fingerprint density at radius 2 is 1.91 bits per heavy atom. The van der Waals surface area contributed by atoms with Gasteiger partial charge in [-0.15, -0.1) is 0 Å². The molecule has 0 spiro atoms. The SMILES string of the molecule is CN(C)C(=O)CN1CCN(c2cc(Cl)cc(N)c2CN)CC1. The minimum absolute atomic E-state index is 0.128. The molecule has 0 radical (unpaired) electrons. The van der Waals surface area contributed by atoms with Crippen LogP contribution in [0.1, 0.15) is 5.56 Å². The fraction of sp³-hybridized carbons (Fsp3) is 0.533. The molecule has 2 rings (SSSR count). The number of hydrogen-bond acceptors (Lipinski definition) is 5. The van der Waals surface area contributed by atoms with E-state index >= 15 is 0 Å². The third-order valence-corrected chi connectivity index (χ3v) is 4.22. The van der Waals surface area contributed by atoms with Gasteiger partial charge in [0.25, 0.3) is 0 Å². The molecule has 0 aliphatic carbocycles. The number of anilines is 2. The van der Waals surface area contributed by atoms with Crippen LogP contribution in [0.25, 0.3) is 0 Å². The first-order valence-corrected chi connectivity index (χ1v) is 7.75. The minimum atomic E-state index is 0.128. The third-order valence-electron chi connectivity index (χ3n) is 4.00. The van der Waals surface area contributed by atoms with Crippen LogP contribution in [-0.4, -0.2) is 62.5 Å².